The van der Waals surface area contributed by atoms with Gasteiger partial charge in [-0.1, -0.05) is 6.07 Å². The number of carbonyl (C=O) groups excluding carboxylic acids is 1. The number of para-hydroxylation sites is 1. The molecule has 0 bridgehead atoms. The van der Waals surface area contributed by atoms with E-state index in [2.05, 4.69) is 9.97 Å². The highest BCUT2D eigenvalue weighted by Crippen LogP contribution is 2.53. The summed E-state index contributed by atoms with van der Waals surface area (Å²) in [7, 11) is 0. The molecule has 3 atom stereocenters. The number of H-pyrrole nitrogens is 1. The van der Waals surface area contributed by atoms with Crippen LogP contribution in [0.4, 0.5) is 4.79 Å². The zero-order valence-corrected chi connectivity index (χ0v) is 14.4. The second-order valence-electron chi connectivity index (χ2n) is 7.83. The highest BCUT2D eigenvalue weighted by molar-refractivity contribution is 6.00. The van der Waals surface area contributed by atoms with Crippen LogP contribution >= 0.6 is 0 Å². The Morgan fingerprint density at radius 3 is 2.76 bits per heavy atom. The van der Waals surface area contributed by atoms with Crippen LogP contribution < -0.4 is 0 Å². The maximum Gasteiger partial charge on any atom is 0.411 e. The van der Waals surface area contributed by atoms with Crippen LogP contribution in [-0.2, 0) is 4.74 Å². The van der Waals surface area contributed by atoms with Crippen LogP contribution in [0.25, 0.3) is 11.0 Å². The minimum absolute atomic E-state index is 0.159. The molecule has 2 aromatic rings. The minimum Gasteiger partial charge on any atom is -0.478 e. The van der Waals surface area contributed by atoms with Gasteiger partial charge in [-0.3, -0.25) is 4.90 Å². The molecule has 7 nitrogen and oxygen atoms in total. The van der Waals surface area contributed by atoms with Gasteiger partial charge in [-0.15, -0.1) is 0 Å². The Bertz CT molecular complexity index is 867. The van der Waals surface area contributed by atoms with Crippen LogP contribution in [-0.4, -0.2) is 43.7 Å². The summed E-state index contributed by atoms with van der Waals surface area (Å²) in [6.45, 7) is 5.54. The fourth-order valence-corrected chi connectivity index (χ4v) is 3.66. The smallest absolute Gasteiger partial charge is 0.411 e. The number of piperidine rings is 1. The number of carboxylic acids is 1. The topological polar surface area (TPSA) is 95.5 Å². The van der Waals surface area contributed by atoms with E-state index in [1.54, 1.807) is 17.0 Å². The predicted molar refractivity (Wildman–Crippen MR) is 90.4 cm³/mol. The van der Waals surface area contributed by atoms with Crippen molar-refractivity contribution in [3.63, 3.8) is 0 Å². The number of imidazole rings is 1. The normalized spacial score (nSPS) is 25.1. The van der Waals surface area contributed by atoms with Crippen LogP contribution in [0.2, 0.25) is 0 Å². The first-order chi connectivity index (χ1) is 11.7. The molecule has 2 N–H and O–H groups in total. The van der Waals surface area contributed by atoms with Crippen molar-refractivity contribution >= 4 is 23.1 Å². The van der Waals surface area contributed by atoms with E-state index in [1.165, 1.54) is 6.07 Å². The van der Waals surface area contributed by atoms with Crippen molar-refractivity contribution in [2.75, 3.05) is 0 Å². The maximum absolute atomic E-state index is 12.6. The van der Waals surface area contributed by atoms with E-state index in [-0.39, 0.29) is 23.7 Å². The Balaban J connectivity index is 1.69. The number of carboxylic acid groups (broad SMARTS) is 1. The molecule has 1 saturated carbocycles. The molecule has 7 heteroatoms. The van der Waals surface area contributed by atoms with Crippen LogP contribution in [0, 0.1) is 5.92 Å². The van der Waals surface area contributed by atoms with Crippen molar-refractivity contribution in [1.29, 1.82) is 0 Å². The molecule has 132 valence electrons. The molecule has 25 heavy (non-hydrogen) atoms. The van der Waals surface area contributed by atoms with Crippen LogP contribution in [0.5, 0.6) is 0 Å². The van der Waals surface area contributed by atoms with Gasteiger partial charge in [0.25, 0.3) is 0 Å². The van der Waals surface area contributed by atoms with E-state index in [1.807, 2.05) is 20.8 Å². The molecule has 0 unspecified atom stereocenters. The van der Waals surface area contributed by atoms with Gasteiger partial charge >= 0.3 is 12.1 Å². The Hall–Kier alpha value is -2.57. The SMILES string of the molecule is CC(C)(C)OC(=O)N1[C@H](c2nc3c(C(=O)O)cccc3[nH]2)C[C@@H]2C[C@@H]21. The van der Waals surface area contributed by atoms with Crippen LogP contribution in [0.3, 0.4) is 0 Å². The monoisotopic (exact) mass is 343 g/mol. The van der Waals surface area contributed by atoms with Gasteiger partial charge in [0.05, 0.1) is 17.1 Å². The third-order valence-corrected chi connectivity index (χ3v) is 4.79. The summed E-state index contributed by atoms with van der Waals surface area (Å²) >= 11 is 0. The third kappa shape index (κ3) is 2.73. The number of nitrogens with zero attached hydrogens (tertiary/aromatic N) is 2. The summed E-state index contributed by atoms with van der Waals surface area (Å²) in [5.74, 6) is 0.0911. The maximum atomic E-state index is 12.6. The van der Waals surface area contributed by atoms with Crippen LogP contribution in [0.1, 0.15) is 55.8 Å². The fourth-order valence-electron chi connectivity index (χ4n) is 3.66. The molecule has 1 aromatic carbocycles. The van der Waals surface area contributed by atoms with Crippen molar-refractivity contribution in [3.8, 4) is 0 Å². The zero-order chi connectivity index (χ0) is 17.9. The molecule has 0 radical (unpaired) electrons. The molecule has 1 aliphatic carbocycles. The number of likely N-dealkylation sites (tertiary alicyclic amines) is 1. The van der Waals surface area contributed by atoms with E-state index in [0.717, 1.165) is 12.8 Å². The van der Waals surface area contributed by atoms with Gasteiger partial charge in [-0.05, 0) is 51.7 Å². The number of nitrogens with one attached hydrogen (secondary N) is 1. The Morgan fingerprint density at radius 2 is 2.08 bits per heavy atom. The Kier molecular flexibility index (Phi) is 3.32. The lowest BCUT2D eigenvalue weighted by molar-refractivity contribution is 0.0175. The predicted octanol–water partition coefficient (Wildman–Crippen LogP) is 3.33. The number of aromatic nitrogens is 2. The van der Waals surface area contributed by atoms with Crippen molar-refractivity contribution in [3.05, 3.63) is 29.6 Å². The van der Waals surface area contributed by atoms with Gasteiger partial charge in [0.2, 0.25) is 0 Å². The number of benzene rings is 1. The zero-order valence-electron chi connectivity index (χ0n) is 14.4. The lowest BCUT2D eigenvalue weighted by atomic mass is 10.1. The number of fused-ring (bicyclic) bond motifs is 2. The van der Waals surface area contributed by atoms with Gasteiger partial charge in [0.15, 0.2) is 0 Å². The number of carbonyl (C=O) groups is 2. The number of ether oxygens (including phenoxy) is 1. The van der Waals surface area contributed by atoms with Crippen LogP contribution in [0.15, 0.2) is 18.2 Å². The van der Waals surface area contributed by atoms with E-state index in [9.17, 15) is 14.7 Å². The molecule has 1 saturated heterocycles. The highest BCUT2D eigenvalue weighted by Gasteiger charge is 2.56. The Labute approximate surface area is 145 Å². The average Bonchev–Trinajstić information content (AvgIpc) is 2.97. The van der Waals surface area contributed by atoms with E-state index >= 15 is 0 Å². The molecular formula is C18H21N3O4. The summed E-state index contributed by atoms with van der Waals surface area (Å²) < 4.78 is 5.56. The van der Waals surface area contributed by atoms with Gasteiger partial charge in [0.1, 0.15) is 16.9 Å². The molecule has 1 aliphatic heterocycles. The molecule has 1 amide bonds. The summed E-state index contributed by atoms with van der Waals surface area (Å²) in [6, 6.07) is 5.02. The number of amides is 1. The second kappa shape index (κ2) is 5.21. The number of aromatic carboxylic acids is 1. The molecule has 1 aromatic heterocycles. The minimum atomic E-state index is -1.01. The van der Waals surface area contributed by atoms with Crippen molar-refractivity contribution in [2.45, 2.75) is 51.3 Å². The van der Waals surface area contributed by atoms with Gasteiger partial charge in [-0.2, -0.15) is 0 Å². The van der Waals surface area contributed by atoms with Gasteiger partial charge in [-0.25, -0.2) is 14.6 Å². The highest BCUT2D eigenvalue weighted by atomic mass is 16.6. The molecule has 2 heterocycles. The van der Waals surface area contributed by atoms with Crippen molar-refractivity contribution in [1.82, 2.24) is 14.9 Å². The number of aromatic amines is 1. The summed E-state index contributed by atoms with van der Waals surface area (Å²) in [5.41, 5.74) is 0.695. The standard InChI is InChI=1S/C18H21N3O4/c1-18(2,3)25-17(24)21-12-7-9(12)8-13(21)15-19-11-6-4-5-10(16(22)23)14(11)20-15/h4-6,9,12-13H,7-8H2,1-3H3,(H,19,20)(H,22,23)/t9-,12-,13-/m0/s1. The van der Waals surface area contributed by atoms with Crippen molar-refractivity contribution in [2.24, 2.45) is 5.92 Å². The molecule has 4 rings (SSSR count). The molecule has 2 fully saturated rings. The number of hydrogen-bond donors (Lipinski definition) is 2. The quantitative estimate of drug-likeness (QED) is 0.872. The third-order valence-electron chi connectivity index (χ3n) is 4.79. The first-order valence-electron chi connectivity index (χ1n) is 8.48. The average molecular weight is 343 g/mol. The first kappa shape index (κ1) is 15.9. The molecule has 0 spiro atoms. The summed E-state index contributed by atoms with van der Waals surface area (Å²) in [6.07, 6.45) is 1.49. The molecule has 2 aliphatic rings. The van der Waals surface area contributed by atoms with E-state index in [0.29, 0.717) is 22.8 Å². The largest absolute Gasteiger partial charge is 0.478 e. The Morgan fingerprint density at radius 1 is 1.32 bits per heavy atom. The summed E-state index contributed by atoms with van der Waals surface area (Å²) in [4.78, 5) is 33.5. The second-order valence-corrected chi connectivity index (χ2v) is 7.83. The lowest BCUT2D eigenvalue weighted by Crippen LogP contribution is -2.38. The number of hydrogen-bond acceptors (Lipinski definition) is 4. The van der Waals surface area contributed by atoms with Crippen molar-refractivity contribution < 1.29 is 19.4 Å². The molecular weight excluding hydrogens is 322 g/mol. The van der Waals surface area contributed by atoms with Gasteiger partial charge < -0.3 is 14.8 Å². The summed E-state index contributed by atoms with van der Waals surface area (Å²) in [5, 5.41) is 9.34. The van der Waals surface area contributed by atoms with Gasteiger partial charge in [0, 0.05) is 6.04 Å². The van der Waals surface area contributed by atoms with E-state index in [4.69, 9.17) is 4.74 Å². The fraction of sp³-hybridized carbons (Fsp3) is 0.500. The lowest BCUT2D eigenvalue weighted by Gasteiger charge is -2.29. The number of rotatable bonds is 2. The van der Waals surface area contributed by atoms with E-state index < -0.39 is 11.6 Å². The first-order valence-corrected chi connectivity index (χ1v) is 8.48.